The van der Waals surface area contributed by atoms with E-state index in [-0.39, 0.29) is 5.56 Å². The van der Waals surface area contributed by atoms with Gasteiger partial charge in [-0.05, 0) is 12.5 Å². The molecule has 2 nitrogen and oxygen atoms in total. The molecule has 0 aliphatic carbocycles. The maximum atomic E-state index is 13.7. The summed E-state index contributed by atoms with van der Waals surface area (Å²) < 4.78 is 41.1. The minimum atomic E-state index is -4.48. The number of alkyl halides is 3. The van der Waals surface area contributed by atoms with Crippen molar-refractivity contribution in [3.8, 4) is 0 Å². The Morgan fingerprint density at radius 3 is 2.23 bits per heavy atom. The highest BCUT2D eigenvalue weighted by Gasteiger charge is 2.60. The molecule has 3 rings (SSSR count). The van der Waals surface area contributed by atoms with Crippen molar-refractivity contribution in [2.75, 3.05) is 0 Å². The number of aryl methyl sites for hydroxylation is 1. The van der Waals surface area contributed by atoms with E-state index >= 15 is 0 Å². The number of hydrogen-bond donors (Lipinski definition) is 1. The minimum Gasteiger partial charge on any atom is -0.279 e. The second kappa shape index (κ2) is 5.35. The number of benzene rings is 2. The van der Waals surface area contributed by atoms with Crippen molar-refractivity contribution < 1.29 is 13.2 Å². The Morgan fingerprint density at radius 2 is 1.64 bits per heavy atom. The second-order valence-electron chi connectivity index (χ2n) is 5.04. The summed E-state index contributed by atoms with van der Waals surface area (Å²) in [4.78, 5) is -2.24. The van der Waals surface area contributed by atoms with Crippen molar-refractivity contribution in [3.05, 3.63) is 71.3 Å². The monoisotopic (exact) mass is 322 g/mol. The first-order chi connectivity index (χ1) is 10.4. The Labute approximate surface area is 130 Å². The van der Waals surface area contributed by atoms with Crippen LogP contribution in [0.5, 0.6) is 0 Å². The summed E-state index contributed by atoms with van der Waals surface area (Å²) in [5.41, 5.74) is 4.17. The molecule has 1 unspecified atom stereocenters. The molecule has 2 aromatic carbocycles. The number of rotatable bonds is 2. The zero-order valence-corrected chi connectivity index (χ0v) is 12.5. The smallest absolute Gasteiger partial charge is 0.279 e. The summed E-state index contributed by atoms with van der Waals surface area (Å²) in [5, 5.41) is 4.28. The quantitative estimate of drug-likeness (QED) is 0.886. The molecule has 0 aromatic heterocycles. The van der Waals surface area contributed by atoms with Crippen LogP contribution in [-0.2, 0) is 4.87 Å². The van der Waals surface area contributed by atoms with Crippen molar-refractivity contribution in [1.82, 2.24) is 5.43 Å². The molecule has 0 spiro atoms. The average Bonchev–Trinajstić information content (AvgIpc) is 2.95. The lowest BCUT2D eigenvalue weighted by Gasteiger charge is -2.30. The molecule has 0 fully saturated rings. The predicted octanol–water partition coefficient (Wildman–Crippen LogP) is 4.41. The van der Waals surface area contributed by atoms with Gasteiger partial charge >= 0.3 is 6.18 Å². The second-order valence-corrected chi connectivity index (χ2v) is 6.25. The van der Waals surface area contributed by atoms with Crippen LogP contribution in [0.4, 0.5) is 13.2 Å². The Hall–Kier alpha value is -1.95. The molecule has 0 saturated carbocycles. The normalized spacial score (nSPS) is 21.4. The topological polar surface area (TPSA) is 24.4 Å². The molecule has 1 heterocycles. The molecule has 0 radical (unpaired) electrons. The molecule has 2 aromatic rings. The number of thioether (sulfide) groups is 1. The van der Waals surface area contributed by atoms with E-state index in [1.807, 2.05) is 19.1 Å². The Balaban J connectivity index is 1.98. The van der Waals surface area contributed by atoms with E-state index in [1.54, 1.807) is 30.3 Å². The lowest BCUT2D eigenvalue weighted by molar-refractivity contribution is -0.169. The van der Waals surface area contributed by atoms with E-state index in [4.69, 9.17) is 0 Å². The molecule has 114 valence electrons. The van der Waals surface area contributed by atoms with Gasteiger partial charge in [-0.25, -0.2) is 0 Å². The van der Waals surface area contributed by atoms with Crippen molar-refractivity contribution >= 4 is 16.8 Å². The van der Waals surface area contributed by atoms with Gasteiger partial charge in [-0.2, -0.15) is 18.3 Å². The van der Waals surface area contributed by atoms with Gasteiger partial charge in [0.05, 0.1) is 0 Å². The number of nitrogens with one attached hydrogen (secondary N) is 1. The van der Waals surface area contributed by atoms with E-state index in [2.05, 4.69) is 10.5 Å². The number of hydrazone groups is 1. The molecule has 0 bridgehead atoms. The Bertz CT molecular complexity index is 696. The standard InChI is InChI=1S/C16H13F3N2S/c1-11-7-9-12(10-8-11)14-20-21-15(22-14,16(17,18)19)13-5-3-2-4-6-13/h2-10,21H,1H3. The molecule has 22 heavy (non-hydrogen) atoms. The summed E-state index contributed by atoms with van der Waals surface area (Å²) in [5.74, 6) is 0. The van der Waals surface area contributed by atoms with Crippen molar-refractivity contribution in [2.45, 2.75) is 18.0 Å². The summed E-state index contributed by atoms with van der Waals surface area (Å²) in [6, 6.07) is 15.1. The maximum absolute atomic E-state index is 13.7. The molecular formula is C16H13F3N2S. The first-order valence-electron chi connectivity index (χ1n) is 6.65. The van der Waals surface area contributed by atoms with Crippen molar-refractivity contribution in [1.29, 1.82) is 0 Å². The van der Waals surface area contributed by atoms with Crippen LogP contribution in [0, 0.1) is 6.92 Å². The van der Waals surface area contributed by atoms with Gasteiger partial charge in [0.2, 0.25) is 4.87 Å². The van der Waals surface area contributed by atoms with Crippen LogP contribution >= 0.6 is 11.8 Å². The summed E-state index contributed by atoms with van der Waals surface area (Å²) in [7, 11) is 0. The highest BCUT2D eigenvalue weighted by molar-refractivity contribution is 8.15. The largest absolute Gasteiger partial charge is 0.427 e. The van der Waals surface area contributed by atoms with Crippen LogP contribution in [0.1, 0.15) is 16.7 Å². The highest BCUT2D eigenvalue weighted by atomic mass is 32.2. The Morgan fingerprint density at radius 1 is 1.00 bits per heavy atom. The molecule has 1 atom stereocenters. The number of halogens is 3. The summed E-state index contributed by atoms with van der Waals surface area (Å²) >= 11 is 0.691. The molecule has 1 aliphatic heterocycles. The van der Waals surface area contributed by atoms with Gasteiger partial charge in [0.25, 0.3) is 0 Å². The fraction of sp³-hybridized carbons (Fsp3) is 0.188. The van der Waals surface area contributed by atoms with Crippen LogP contribution in [-0.4, -0.2) is 11.2 Å². The number of nitrogens with zero attached hydrogens (tertiary/aromatic N) is 1. The van der Waals surface area contributed by atoms with E-state index in [0.717, 1.165) is 5.56 Å². The lowest BCUT2D eigenvalue weighted by Crippen LogP contribution is -2.47. The van der Waals surface area contributed by atoms with Gasteiger partial charge in [0, 0.05) is 5.56 Å². The third-order valence-electron chi connectivity index (χ3n) is 3.44. The molecule has 0 amide bonds. The van der Waals surface area contributed by atoms with E-state index in [1.165, 1.54) is 12.1 Å². The van der Waals surface area contributed by atoms with Gasteiger partial charge in [-0.1, -0.05) is 71.9 Å². The molecule has 1 N–H and O–H groups in total. The minimum absolute atomic E-state index is 0.137. The fourth-order valence-electron chi connectivity index (χ4n) is 2.22. The zero-order valence-electron chi connectivity index (χ0n) is 11.7. The SMILES string of the molecule is Cc1ccc(C2=NNC(c3ccccc3)(C(F)(F)F)S2)cc1. The molecule has 1 aliphatic rings. The van der Waals surface area contributed by atoms with Crippen molar-refractivity contribution in [2.24, 2.45) is 5.10 Å². The lowest BCUT2D eigenvalue weighted by atomic mass is 10.1. The van der Waals surface area contributed by atoms with E-state index in [9.17, 15) is 13.2 Å². The van der Waals surface area contributed by atoms with Gasteiger partial charge < -0.3 is 0 Å². The summed E-state index contributed by atoms with van der Waals surface area (Å²) in [6.45, 7) is 1.93. The van der Waals surface area contributed by atoms with Gasteiger partial charge in [-0.3, -0.25) is 5.43 Å². The van der Waals surface area contributed by atoms with Crippen LogP contribution < -0.4 is 5.43 Å². The van der Waals surface area contributed by atoms with Crippen LogP contribution in [0.3, 0.4) is 0 Å². The first kappa shape index (κ1) is 15.0. The van der Waals surface area contributed by atoms with E-state index < -0.39 is 11.0 Å². The van der Waals surface area contributed by atoms with Crippen molar-refractivity contribution in [3.63, 3.8) is 0 Å². The van der Waals surface area contributed by atoms with Gasteiger partial charge in [0.15, 0.2) is 0 Å². The maximum Gasteiger partial charge on any atom is 0.427 e. The first-order valence-corrected chi connectivity index (χ1v) is 7.47. The fourth-order valence-corrected chi connectivity index (χ4v) is 3.32. The molecule has 6 heteroatoms. The molecular weight excluding hydrogens is 309 g/mol. The van der Waals surface area contributed by atoms with Gasteiger partial charge in [-0.15, -0.1) is 0 Å². The Kier molecular flexibility index (Phi) is 3.64. The third kappa shape index (κ3) is 2.47. The average molecular weight is 322 g/mol. The number of hydrogen-bond acceptors (Lipinski definition) is 3. The van der Waals surface area contributed by atoms with Gasteiger partial charge in [0.1, 0.15) is 5.04 Å². The summed E-state index contributed by atoms with van der Waals surface area (Å²) in [6.07, 6.45) is -4.48. The molecule has 0 saturated heterocycles. The third-order valence-corrected chi connectivity index (χ3v) is 4.83. The highest BCUT2D eigenvalue weighted by Crippen LogP contribution is 2.51. The van der Waals surface area contributed by atoms with Crippen LogP contribution in [0.25, 0.3) is 0 Å². The van der Waals surface area contributed by atoms with Crippen LogP contribution in [0.15, 0.2) is 59.7 Å². The predicted molar refractivity (Wildman–Crippen MR) is 82.6 cm³/mol. The van der Waals surface area contributed by atoms with Crippen LogP contribution in [0.2, 0.25) is 0 Å². The zero-order chi connectivity index (χ0) is 15.8. The van der Waals surface area contributed by atoms with E-state index in [0.29, 0.717) is 22.4 Å².